The van der Waals surface area contributed by atoms with E-state index >= 15 is 0 Å². The quantitative estimate of drug-likeness (QED) is 0.614. The predicted octanol–water partition coefficient (Wildman–Crippen LogP) is 1.95. The lowest BCUT2D eigenvalue weighted by atomic mass is 10.1. The number of hydrogen-bond donors (Lipinski definition) is 2. The van der Waals surface area contributed by atoms with Gasteiger partial charge in [-0.25, -0.2) is 9.97 Å². The molecule has 0 spiro atoms. The van der Waals surface area contributed by atoms with E-state index in [1.807, 2.05) is 27.7 Å². The Hall–Kier alpha value is -1.14. The smallest absolute Gasteiger partial charge is 0.324 e. The largest absolute Gasteiger partial charge is 0.480 e. The van der Waals surface area contributed by atoms with Crippen molar-refractivity contribution in [1.82, 2.24) is 15.3 Å². The number of aliphatic carboxylic acids is 1. The van der Waals surface area contributed by atoms with Crippen LogP contribution in [0.2, 0.25) is 0 Å². The first-order valence-corrected chi connectivity index (χ1v) is 7.21. The van der Waals surface area contributed by atoms with Gasteiger partial charge in [0.1, 0.15) is 5.54 Å². The fraction of sp³-hybridized carbons (Fsp3) is 0.615. The van der Waals surface area contributed by atoms with E-state index in [0.29, 0.717) is 17.5 Å². The Labute approximate surface area is 118 Å². The molecule has 106 valence electrons. The van der Waals surface area contributed by atoms with Crippen molar-refractivity contribution in [2.75, 3.05) is 12.3 Å². The summed E-state index contributed by atoms with van der Waals surface area (Å²) >= 11 is 1.37. The van der Waals surface area contributed by atoms with E-state index in [0.717, 1.165) is 17.0 Å². The maximum atomic E-state index is 11.3. The van der Waals surface area contributed by atoms with Crippen molar-refractivity contribution < 1.29 is 9.90 Å². The third kappa shape index (κ3) is 3.91. The van der Waals surface area contributed by atoms with Crippen LogP contribution < -0.4 is 5.32 Å². The average molecular weight is 283 g/mol. The first-order valence-electron chi connectivity index (χ1n) is 6.23. The number of carboxylic acids is 1. The van der Waals surface area contributed by atoms with Gasteiger partial charge in [0.05, 0.1) is 0 Å². The van der Waals surface area contributed by atoms with Gasteiger partial charge in [-0.1, -0.05) is 18.7 Å². The standard InChI is InChI=1S/C13H21N3O2S/c1-6-14-13(5,11(17)18)7-19-12-15-9(3)8(2)10(4)16-12/h14H,6-7H2,1-5H3,(H,17,18). The van der Waals surface area contributed by atoms with Crippen LogP contribution in [0.3, 0.4) is 0 Å². The number of aromatic nitrogens is 2. The van der Waals surface area contributed by atoms with Gasteiger partial charge in [0.15, 0.2) is 5.16 Å². The van der Waals surface area contributed by atoms with Gasteiger partial charge in [0.2, 0.25) is 0 Å². The zero-order chi connectivity index (χ0) is 14.6. The molecule has 0 amide bonds. The molecular weight excluding hydrogens is 262 g/mol. The Morgan fingerprint density at radius 1 is 1.32 bits per heavy atom. The number of aryl methyl sites for hydroxylation is 2. The number of nitrogens with one attached hydrogen (secondary N) is 1. The minimum absolute atomic E-state index is 0.387. The third-order valence-corrected chi connectivity index (χ3v) is 4.30. The Balaban J connectivity index is 2.83. The summed E-state index contributed by atoms with van der Waals surface area (Å²) in [5.74, 6) is -0.472. The van der Waals surface area contributed by atoms with E-state index in [1.165, 1.54) is 11.8 Å². The summed E-state index contributed by atoms with van der Waals surface area (Å²) in [6.45, 7) is 10.0. The maximum Gasteiger partial charge on any atom is 0.324 e. The summed E-state index contributed by atoms with van der Waals surface area (Å²) in [5.41, 5.74) is 2.00. The summed E-state index contributed by atoms with van der Waals surface area (Å²) in [6, 6.07) is 0. The summed E-state index contributed by atoms with van der Waals surface area (Å²) in [4.78, 5) is 20.1. The first kappa shape index (κ1) is 15.9. The molecule has 1 aromatic heterocycles. The Morgan fingerprint density at radius 2 is 1.84 bits per heavy atom. The molecule has 0 aliphatic carbocycles. The van der Waals surface area contributed by atoms with E-state index in [4.69, 9.17) is 0 Å². The third-order valence-electron chi connectivity index (χ3n) is 3.14. The molecule has 1 atom stereocenters. The second-order valence-electron chi connectivity index (χ2n) is 4.76. The summed E-state index contributed by atoms with van der Waals surface area (Å²) in [5, 5.41) is 12.9. The van der Waals surface area contributed by atoms with Crippen molar-refractivity contribution in [3.05, 3.63) is 17.0 Å². The van der Waals surface area contributed by atoms with Crippen LogP contribution in [0.4, 0.5) is 0 Å². The molecule has 1 aromatic rings. The van der Waals surface area contributed by atoms with Crippen molar-refractivity contribution in [2.24, 2.45) is 0 Å². The normalized spacial score (nSPS) is 14.2. The van der Waals surface area contributed by atoms with E-state index in [9.17, 15) is 9.90 Å². The second kappa shape index (κ2) is 6.34. The predicted molar refractivity (Wildman–Crippen MR) is 76.7 cm³/mol. The van der Waals surface area contributed by atoms with Gasteiger partial charge in [-0.15, -0.1) is 0 Å². The fourth-order valence-corrected chi connectivity index (χ4v) is 2.64. The summed E-state index contributed by atoms with van der Waals surface area (Å²) in [6.07, 6.45) is 0. The number of carbonyl (C=O) groups is 1. The highest BCUT2D eigenvalue weighted by atomic mass is 32.2. The van der Waals surface area contributed by atoms with Gasteiger partial charge in [0, 0.05) is 17.1 Å². The molecule has 0 bridgehead atoms. The topological polar surface area (TPSA) is 75.1 Å². The van der Waals surface area contributed by atoms with E-state index in [-0.39, 0.29) is 0 Å². The summed E-state index contributed by atoms with van der Waals surface area (Å²) in [7, 11) is 0. The lowest BCUT2D eigenvalue weighted by Gasteiger charge is -2.24. The molecular formula is C13H21N3O2S. The fourth-order valence-electron chi connectivity index (χ4n) is 1.59. The highest BCUT2D eigenvalue weighted by Crippen LogP contribution is 2.21. The first-order chi connectivity index (χ1) is 8.80. The number of hydrogen-bond acceptors (Lipinski definition) is 5. The van der Waals surface area contributed by atoms with Gasteiger partial charge < -0.3 is 10.4 Å². The lowest BCUT2D eigenvalue weighted by Crippen LogP contribution is -2.51. The SMILES string of the molecule is CCNC(C)(CSc1nc(C)c(C)c(C)n1)C(=O)O. The van der Waals surface area contributed by atoms with E-state index in [1.54, 1.807) is 6.92 Å². The van der Waals surface area contributed by atoms with Crippen LogP contribution in [-0.4, -0.2) is 38.9 Å². The molecule has 0 saturated heterocycles. The molecule has 0 saturated carbocycles. The lowest BCUT2D eigenvalue weighted by molar-refractivity contribution is -0.143. The maximum absolute atomic E-state index is 11.3. The molecule has 0 aliphatic heterocycles. The van der Waals surface area contributed by atoms with Crippen molar-refractivity contribution in [2.45, 2.75) is 45.3 Å². The highest BCUT2D eigenvalue weighted by Gasteiger charge is 2.32. The van der Waals surface area contributed by atoms with Crippen molar-refractivity contribution in [1.29, 1.82) is 0 Å². The molecule has 2 N–H and O–H groups in total. The molecule has 0 aliphatic rings. The number of nitrogens with zero attached hydrogens (tertiary/aromatic N) is 2. The number of thioether (sulfide) groups is 1. The van der Waals surface area contributed by atoms with Crippen LogP contribution in [0, 0.1) is 20.8 Å². The van der Waals surface area contributed by atoms with Gasteiger partial charge >= 0.3 is 5.97 Å². The van der Waals surface area contributed by atoms with E-state index in [2.05, 4.69) is 15.3 Å². The van der Waals surface area contributed by atoms with Crippen LogP contribution in [0.25, 0.3) is 0 Å². The van der Waals surface area contributed by atoms with Crippen LogP contribution in [0.5, 0.6) is 0 Å². The molecule has 19 heavy (non-hydrogen) atoms. The zero-order valence-electron chi connectivity index (χ0n) is 12.1. The van der Waals surface area contributed by atoms with Crippen molar-refractivity contribution in [3.63, 3.8) is 0 Å². The number of carboxylic acid groups (broad SMARTS) is 1. The Kier molecular flexibility index (Phi) is 5.31. The number of rotatable bonds is 6. The van der Waals surface area contributed by atoms with E-state index < -0.39 is 11.5 Å². The minimum Gasteiger partial charge on any atom is -0.480 e. The van der Waals surface area contributed by atoms with Crippen LogP contribution in [0.15, 0.2) is 5.16 Å². The molecule has 0 aromatic carbocycles. The van der Waals surface area contributed by atoms with Crippen molar-refractivity contribution in [3.8, 4) is 0 Å². The van der Waals surface area contributed by atoms with Gasteiger partial charge in [-0.3, -0.25) is 4.79 Å². The number of likely N-dealkylation sites (N-methyl/N-ethyl adjacent to an activating group) is 1. The molecule has 1 unspecified atom stereocenters. The minimum atomic E-state index is -0.963. The Morgan fingerprint density at radius 3 is 2.26 bits per heavy atom. The highest BCUT2D eigenvalue weighted by molar-refractivity contribution is 7.99. The van der Waals surface area contributed by atoms with Gasteiger partial charge in [-0.05, 0) is 39.8 Å². The van der Waals surface area contributed by atoms with Crippen LogP contribution >= 0.6 is 11.8 Å². The molecule has 6 heteroatoms. The summed E-state index contributed by atoms with van der Waals surface area (Å²) < 4.78 is 0. The van der Waals surface area contributed by atoms with Crippen LogP contribution in [-0.2, 0) is 4.79 Å². The average Bonchev–Trinajstić information content (AvgIpc) is 2.33. The second-order valence-corrected chi connectivity index (χ2v) is 5.70. The van der Waals surface area contributed by atoms with Crippen molar-refractivity contribution >= 4 is 17.7 Å². The molecule has 1 heterocycles. The van der Waals surface area contributed by atoms with Gasteiger partial charge in [0.25, 0.3) is 0 Å². The molecule has 1 rings (SSSR count). The molecule has 5 nitrogen and oxygen atoms in total. The zero-order valence-corrected chi connectivity index (χ0v) is 12.9. The van der Waals surface area contributed by atoms with Crippen LogP contribution in [0.1, 0.15) is 30.8 Å². The molecule has 0 fully saturated rings. The molecule has 0 radical (unpaired) electrons. The Bertz CT molecular complexity index is 456. The van der Waals surface area contributed by atoms with Gasteiger partial charge in [-0.2, -0.15) is 0 Å². The monoisotopic (exact) mass is 283 g/mol.